The fourth-order valence-electron chi connectivity index (χ4n) is 6.61. The lowest BCUT2D eigenvalue weighted by Crippen LogP contribution is -2.48. The van der Waals surface area contributed by atoms with Gasteiger partial charge in [-0.05, 0) is 37.8 Å². The summed E-state index contributed by atoms with van der Waals surface area (Å²) in [5.41, 5.74) is 0.771. The molecule has 4 aliphatic rings. The molecule has 1 atom stereocenters. The summed E-state index contributed by atoms with van der Waals surface area (Å²) in [4.78, 5) is 39.2. The molecule has 2 aromatic carbocycles. The minimum absolute atomic E-state index is 0.121. The molecule has 0 aromatic heterocycles. The van der Waals surface area contributed by atoms with Gasteiger partial charge in [0.2, 0.25) is 0 Å². The van der Waals surface area contributed by atoms with Crippen molar-refractivity contribution in [1.29, 1.82) is 0 Å². The normalized spacial score (nSPS) is 27.0. The molecule has 0 amide bonds. The molecule has 1 saturated heterocycles. The van der Waals surface area contributed by atoms with E-state index in [0.717, 1.165) is 51.4 Å². The maximum Gasteiger partial charge on any atom is 0.349 e. The quantitative estimate of drug-likeness (QED) is 0.186. The summed E-state index contributed by atoms with van der Waals surface area (Å²) in [5.74, 6) is -6.19. The number of rotatable bonds is 7. The van der Waals surface area contributed by atoms with Gasteiger partial charge in [-0.1, -0.05) is 105 Å². The van der Waals surface area contributed by atoms with Crippen LogP contribution >= 0.6 is 0 Å². The third-order valence-electron chi connectivity index (χ3n) is 8.74. The van der Waals surface area contributed by atoms with Gasteiger partial charge in [-0.25, -0.2) is 14.4 Å². The Bertz CT molecular complexity index is 1470. The van der Waals surface area contributed by atoms with Crippen LogP contribution in [0.1, 0.15) is 62.5 Å². The van der Waals surface area contributed by atoms with E-state index in [1.54, 1.807) is 24.3 Å². The first kappa shape index (κ1) is 28.5. The number of benzene rings is 2. The molecule has 2 aliphatic carbocycles. The molecule has 2 aromatic rings. The molecule has 43 heavy (non-hydrogen) atoms. The van der Waals surface area contributed by atoms with Crippen molar-refractivity contribution in [2.75, 3.05) is 0 Å². The zero-order chi connectivity index (χ0) is 29.9. The topological polar surface area (TPSA) is 111 Å². The minimum Gasteiger partial charge on any atom is -0.571 e. The van der Waals surface area contributed by atoms with Crippen molar-refractivity contribution in [2.24, 2.45) is 11.8 Å². The second-order valence-corrected chi connectivity index (χ2v) is 11.3. The first-order chi connectivity index (χ1) is 20.9. The Labute approximate surface area is 250 Å². The van der Waals surface area contributed by atoms with Gasteiger partial charge >= 0.3 is 17.9 Å². The second-order valence-electron chi connectivity index (χ2n) is 11.3. The molecule has 8 heteroatoms. The highest BCUT2D eigenvalue weighted by molar-refractivity contribution is 6.15. The van der Waals surface area contributed by atoms with Gasteiger partial charge in [0.15, 0.2) is 5.79 Å². The highest BCUT2D eigenvalue weighted by Gasteiger charge is 2.53. The number of allylic oxidation sites excluding steroid dienone is 4. The van der Waals surface area contributed by atoms with Crippen molar-refractivity contribution in [1.82, 2.24) is 0 Å². The lowest BCUT2D eigenvalue weighted by atomic mass is 9.89. The summed E-state index contributed by atoms with van der Waals surface area (Å²) in [6.45, 7) is 0. The Balaban J connectivity index is 1.18. The zero-order valence-electron chi connectivity index (χ0n) is 23.7. The number of carbonyl (C=O) groups excluding carboxylic acids is 3. The molecule has 6 rings (SSSR count). The molecule has 0 spiro atoms. The van der Waals surface area contributed by atoms with Gasteiger partial charge in [0, 0.05) is 23.0 Å². The number of hydrogen-bond donors (Lipinski definition) is 0. The standard InChI is InChI=1S/C35H34O8/c36-30-28(31(37)41-34(40-30,26-18-10-11-19-26)24-14-4-1-5-15-24)22-8-3-9-23-29-32(38)42-35(43-33(29)39,27-20-12-13-21-27)25-16-6-2-7-17-25/h1-9,14-17,22-23,26-27,36H,10-13,18-21H2/p-1/b9-3+,22-8+,29-23?. The number of cyclic esters (lactones) is 3. The fraction of sp³-hybridized carbons (Fsp3) is 0.343. The Morgan fingerprint density at radius 2 is 1.07 bits per heavy atom. The lowest BCUT2D eigenvalue weighted by Gasteiger charge is -2.48. The molecule has 1 unspecified atom stereocenters. The van der Waals surface area contributed by atoms with Gasteiger partial charge in [0.05, 0.1) is 11.5 Å². The molecule has 0 N–H and O–H groups in total. The Morgan fingerprint density at radius 1 is 0.605 bits per heavy atom. The zero-order valence-corrected chi connectivity index (χ0v) is 23.7. The Morgan fingerprint density at radius 3 is 1.56 bits per heavy atom. The van der Waals surface area contributed by atoms with Crippen LogP contribution in [0.4, 0.5) is 0 Å². The number of carbonyl (C=O) groups is 3. The van der Waals surface area contributed by atoms with Crippen LogP contribution in [0.15, 0.2) is 108 Å². The molecule has 0 bridgehead atoms. The molecule has 0 radical (unpaired) electrons. The van der Waals surface area contributed by atoms with Crippen LogP contribution in [0.2, 0.25) is 0 Å². The van der Waals surface area contributed by atoms with Crippen LogP contribution in [-0.2, 0) is 44.9 Å². The maximum absolute atomic E-state index is 13.1. The largest absolute Gasteiger partial charge is 0.571 e. The van der Waals surface area contributed by atoms with E-state index in [0.29, 0.717) is 11.1 Å². The van der Waals surface area contributed by atoms with Crippen LogP contribution in [0.3, 0.4) is 0 Å². The average Bonchev–Trinajstić information content (AvgIpc) is 3.76. The molecule has 8 nitrogen and oxygen atoms in total. The van der Waals surface area contributed by atoms with Crippen molar-refractivity contribution in [2.45, 2.75) is 62.9 Å². The van der Waals surface area contributed by atoms with Crippen LogP contribution in [0, 0.1) is 11.8 Å². The first-order valence-corrected chi connectivity index (χ1v) is 14.9. The smallest absolute Gasteiger partial charge is 0.349 e. The summed E-state index contributed by atoms with van der Waals surface area (Å²) in [5, 5.41) is 13.1. The SMILES string of the molecule is O=C1OC(c2ccccc2)(C2CCCC2)OC(=O)C1=C/C=C/C=C/C1=C([O-])OC(c2ccccc2)(C2CCCC2)OC1=O. The van der Waals surface area contributed by atoms with E-state index in [1.807, 2.05) is 36.4 Å². The molecule has 2 saturated carbocycles. The maximum atomic E-state index is 13.1. The Kier molecular flexibility index (Phi) is 7.93. The van der Waals surface area contributed by atoms with Gasteiger partial charge < -0.3 is 24.1 Å². The first-order valence-electron chi connectivity index (χ1n) is 14.9. The molecular formula is C35H33O8-. The number of esters is 3. The van der Waals surface area contributed by atoms with Crippen LogP contribution in [0.5, 0.6) is 0 Å². The van der Waals surface area contributed by atoms with Crippen molar-refractivity contribution in [3.05, 3.63) is 119 Å². The van der Waals surface area contributed by atoms with Crippen molar-refractivity contribution in [3.8, 4) is 0 Å². The molecular weight excluding hydrogens is 548 g/mol. The van der Waals surface area contributed by atoms with E-state index in [1.165, 1.54) is 30.4 Å². The van der Waals surface area contributed by atoms with Gasteiger partial charge in [-0.3, -0.25) is 0 Å². The van der Waals surface area contributed by atoms with E-state index in [2.05, 4.69) is 0 Å². The van der Waals surface area contributed by atoms with Crippen LogP contribution < -0.4 is 5.11 Å². The minimum atomic E-state index is -1.45. The molecule has 2 heterocycles. The number of hydrogen-bond acceptors (Lipinski definition) is 8. The van der Waals surface area contributed by atoms with Crippen molar-refractivity contribution >= 4 is 17.9 Å². The third kappa shape index (κ3) is 5.38. The van der Waals surface area contributed by atoms with Crippen LogP contribution in [0.25, 0.3) is 0 Å². The molecule has 222 valence electrons. The van der Waals surface area contributed by atoms with Crippen LogP contribution in [-0.4, -0.2) is 17.9 Å². The highest BCUT2D eigenvalue weighted by Crippen LogP contribution is 2.48. The highest BCUT2D eigenvalue weighted by atomic mass is 16.8. The summed E-state index contributed by atoms with van der Waals surface area (Å²) >= 11 is 0. The predicted octanol–water partition coefficient (Wildman–Crippen LogP) is 5.36. The monoisotopic (exact) mass is 581 g/mol. The van der Waals surface area contributed by atoms with E-state index < -0.39 is 35.4 Å². The molecule has 3 fully saturated rings. The third-order valence-corrected chi connectivity index (χ3v) is 8.74. The van der Waals surface area contributed by atoms with Gasteiger partial charge in [-0.2, -0.15) is 0 Å². The summed E-state index contributed by atoms with van der Waals surface area (Å²) in [7, 11) is 0. The summed E-state index contributed by atoms with van der Waals surface area (Å²) in [6.07, 6.45) is 14.0. The second kappa shape index (κ2) is 12.0. The summed E-state index contributed by atoms with van der Waals surface area (Å²) < 4.78 is 23.5. The van der Waals surface area contributed by atoms with E-state index >= 15 is 0 Å². The number of ether oxygens (including phenoxy) is 4. The van der Waals surface area contributed by atoms with E-state index in [4.69, 9.17) is 18.9 Å². The van der Waals surface area contributed by atoms with Crippen molar-refractivity contribution < 1.29 is 38.4 Å². The fourth-order valence-corrected chi connectivity index (χ4v) is 6.61. The summed E-state index contributed by atoms with van der Waals surface area (Å²) in [6, 6.07) is 18.2. The predicted molar refractivity (Wildman–Crippen MR) is 153 cm³/mol. The van der Waals surface area contributed by atoms with E-state index in [-0.39, 0.29) is 23.0 Å². The average molecular weight is 582 g/mol. The molecule has 2 aliphatic heterocycles. The van der Waals surface area contributed by atoms with Gasteiger partial charge in [0.25, 0.3) is 5.79 Å². The lowest BCUT2D eigenvalue weighted by molar-refractivity contribution is -0.409. The Hall–Kier alpha value is -4.59. The van der Waals surface area contributed by atoms with E-state index in [9.17, 15) is 19.5 Å². The van der Waals surface area contributed by atoms with Gasteiger partial charge in [-0.15, -0.1) is 0 Å². The van der Waals surface area contributed by atoms with Crippen molar-refractivity contribution in [3.63, 3.8) is 0 Å². The van der Waals surface area contributed by atoms with Gasteiger partial charge in [0.1, 0.15) is 5.57 Å².